The zero-order valence-corrected chi connectivity index (χ0v) is 11.4. The van der Waals surface area contributed by atoms with Crippen LogP contribution in [0.5, 0.6) is 0 Å². The number of hydrogen-bond donors (Lipinski definition) is 1. The second-order valence-corrected chi connectivity index (χ2v) is 4.48. The van der Waals surface area contributed by atoms with Crippen molar-refractivity contribution >= 4 is 5.69 Å². The lowest BCUT2D eigenvalue weighted by Gasteiger charge is -2.06. The molecule has 3 rings (SSSR count). The Labute approximate surface area is 116 Å². The maximum Gasteiger partial charge on any atom is 0.155 e. The van der Waals surface area contributed by atoms with Gasteiger partial charge in [0.15, 0.2) is 5.82 Å². The number of aryl methyl sites for hydroxylation is 1. The molecule has 7 nitrogen and oxygen atoms in total. The molecule has 0 saturated heterocycles. The van der Waals surface area contributed by atoms with Gasteiger partial charge in [0.05, 0.1) is 18.1 Å². The van der Waals surface area contributed by atoms with Gasteiger partial charge in [-0.3, -0.25) is 4.68 Å². The molecule has 0 fully saturated rings. The van der Waals surface area contributed by atoms with Gasteiger partial charge in [-0.1, -0.05) is 0 Å². The van der Waals surface area contributed by atoms with E-state index in [1.165, 1.54) is 11.9 Å². The van der Waals surface area contributed by atoms with Crippen LogP contribution in [-0.4, -0.2) is 29.5 Å². The quantitative estimate of drug-likeness (QED) is 0.773. The number of nitrogens with one attached hydrogen (secondary N) is 1. The first-order valence-electron chi connectivity index (χ1n) is 6.26. The number of hydrogen-bond acceptors (Lipinski definition) is 5. The fraction of sp³-hybridized carbons (Fsp3) is 0.231. The summed E-state index contributed by atoms with van der Waals surface area (Å²) in [7, 11) is 1.94. The molecule has 0 bridgehead atoms. The van der Waals surface area contributed by atoms with Gasteiger partial charge in [0.2, 0.25) is 0 Å². The highest BCUT2D eigenvalue weighted by molar-refractivity contribution is 5.44. The second-order valence-electron chi connectivity index (χ2n) is 4.48. The molecule has 0 aromatic carbocycles. The first kappa shape index (κ1) is 12.3. The smallest absolute Gasteiger partial charge is 0.155 e. The summed E-state index contributed by atoms with van der Waals surface area (Å²) in [5, 5.41) is 11.6. The molecule has 3 aromatic rings. The van der Waals surface area contributed by atoms with E-state index in [1.54, 1.807) is 17.2 Å². The van der Waals surface area contributed by atoms with Crippen LogP contribution in [0.3, 0.4) is 0 Å². The molecule has 0 spiro atoms. The zero-order valence-electron chi connectivity index (χ0n) is 11.4. The average Bonchev–Trinajstić information content (AvgIpc) is 3.10. The zero-order chi connectivity index (χ0) is 13.9. The number of aromatic nitrogens is 6. The van der Waals surface area contributed by atoms with Crippen molar-refractivity contribution in [2.24, 2.45) is 7.05 Å². The standard InChI is InChI=1S/C13H15N7/c1-10-11(6-17-19(10)2)5-15-12-3-4-13(16-7-12)20-9-14-8-18-20/h3-4,6-9,15H,5H2,1-2H3. The van der Waals surface area contributed by atoms with Crippen LogP contribution in [0.4, 0.5) is 5.69 Å². The van der Waals surface area contributed by atoms with Crippen LogP contribution in [0.25, 0.3) is 5.82 Å². The van der Waals surface area contributed by atoms with Gasteiger partial charge < -0.3 is 5.32 Å². The van der Waals surface area contributed by atoms with Crippen LogP contribution >= 0.6 is 0 Å². The Morgan fingerprint density at radius 2 is 2.10 bits per heavy atom. The van der Waals surface area contributed by atoms with Crippen molar-refractivity contribution in [2.75, 3.05) is 5.32 Å². The van der Waals surface area contributed by atoms with Crippen molar-refractivity contribution in [3.8, 4) is 5.82 Å². The van der Waals surface area contributed by atoms with Crippen LogP contribution in [-0.2, 0) is 13.6 Å². The molecule has 3 aromatic heterocycles. The highest BCUT2D eigenvalue weighted by atomic mass is 15.3. The predicted molar refractivity (Wildman–Crippen MR) is 74.4 cm³/mol. The van der Waals surface area contributed by atoms with Crippen molar-refractivity contribution < 1.29 is 0 Å². The lowest BCUT2D eigenvalue weighted by molar-refractivity contribution is 0.738. The molecule has 0 amide bonds. The monoisotopic (exact) mass is 269 g/mol. The Bertz CT molecular complexity index is 682. The van der Waals surface area contributed by atoms with Gasteiger partial charge in [0, 0.05) is 24.8 Å². The summed E-state index contributed by atoms with van der Waals surface area (Å²) in [5.74, 6) is 0.741. The molecule has 0 aliphatic heterocycles. The van der Waals surface area contributed by atoms with Gasteiger partial charge in [-0.05, 0) is 19.1 Å². The van der Waals surface area contributed by atoms with Gasteiger partial charge in [0.1, 0.15) is 12.7 Å². The molecular formula is C13H15N7. The summed E-state index contributed by atoms with van der Waals surface area (Å²) < 4.78 is 3.48. The molecule has 0 atom stereocenters. The van der Waals surface area contributed by atoms with Crippen molar-refractivity contribution in [3.63, 3.8) is 0 Å². The summed E-state index contributed by atoms with van der Waals surface area (Å²) in [6.45, 7) is 2.78. The van der Waals surface area contributed by atoms with E-state index in [1.807, 2.05) is 30.1 Å². The number of pyridine rings is 1. The first-order chi connectivity index (χ1) is 9.74. The SMILES string of the molecule is Cc1c(CNc2ccc(-n3cncn3)nc2)cnn1C. The Morgan fingerprint density at radius 3 is 2.70 bits per heavy atom. The van der Waals surface area contributed by atoms with Crippen molar-refractivity contribution in [1.82, 2.24) is 29.5 Å². The highest BCUT2D eigenvalue weighted by Crippen LogP contribution is 2.12. The van der Waals surface area contributed by atoms with E-state index in [2.05, 4.69) is 32.4 Å². The van der Waals surface area contributed by atoms with E-state index in [9.17, 15) is 0 Å². The Balaban J connectivity index is 1.68. The molecule has 3 heterocycles. The topological polar surface area (TPSA) is 73.5 Å². The van der Waals surface area contributed by atoms with Gasteiger partial charge in [-0.25, -0.2) is 14.6 Å². The van der Waals surface area contributed by atoms with E-state index in [-0.39, 0.29) is 0 Å². The molecular weight excluding hydrogens is 254 g/mol. The van der Waals surface area contributed by atoms with E-state index < -0.39 is 0 Å². The third kappa shape index (κ3) is 2.37. The van der Waals surface area contributed by atoms with Crippen molar-refractivity contribution in [2.45, 2.75) is 13.5 Å². The van der Waals surface area contributed by atoms with Crippen LogP contribution in [0.2, 0.25) is 0 Å². The first-order valence-corrected chi connectivity index (χ1v) is 6.26. The van der Waals surface area contributed by atoms with Crippen molar-refractivity contribution in [1.29, 1.82) is 0 Å². The number of anilines is 1. The van der Waals surface area contributed by atoms with Gasteiger partial charge in [0.25, 0.3) is 0 Å². The van der Waals surface area contributed by atoms with E-state index in [0.29, 0.717) is 0 Å². The second kappa shape index (κ2) is 5.12. The fourth-order valence-electron chi connectivity index (χ4n) is 1.87. The molecule has 102 valence electrons. The molecule has 0 unspecified atom stereocenters. The molecule has 20 heavy (non-hydrogen) atoms. The van der Waals surface area contributed by atoms with Crippen LogP contribution in [0, 0.1) is 6.92 Å². The summed E-state index contributed by atoms with van der Waals surface area (Å²) in [4.78, 5) is 8.23. The highest BCUT2D eigenvalue weighted by Gasteiger charge is 2.04. The third-order valence-corrected chi connectivity index (χ3v) is 3.22. The fourth-order valence-corrected chi connectivity index (χ4v) is 1.87. The van der Waals surface area contributed by atoms with Crippen LogP contribution < -0.4 is 5.32 Å². The normalized spacial score (nSPS) is 10.7. The average molecular weight is 269 g/mol. The van der Waals surface area contributed by atoms with Gasteiger partial charge >= 0.3 is 0 Å². The maximum atomic E-state index is 4.34. The number of nitrogens with zero attached hydrogens (tertiary/aromatic N) is 6. The van der Waals surface area contributed by atoms with Crippen molar-refractivity contribution in [3.05, 3.63) is 48.4 Å². The minimum absolute atomic E-state index is 0.726. The minimum atomic E-state index is 0.726. The molecule has 0 radical (unpaired) electrons. The summed E-state index contributed by atoms with van der Waals surface area (Å²) >= 11 is 0. The predicted octanol–water partition coefficient (Wildman–Crippen LogP) is 1.32. The summed E-state index contributed by atoms with van der Waals surface area (Å²) in [6.07, 6.45) is 6.76. The molecule has 0 aliphatic rings. The minimum Gasteiger partial charge on any atom is -0.380 e. The van der Waals surface area contributed by atoms with E-state index >= 15 is 0 Å². The van der Waals surface area contributed by atoms with E-state index in [0.717, 1.165) is 23.7 Å². The van der Waals surface area contributed by atoms with Gasteiger partial charge in [-0.2, -0.15) is 10.2 Å². The summed E-state index contributed by atoms with van der Waals surface area (Å²) in [5.41, 5.74) is 3.29. The summed E-state index contributed by atoms with van der Waals surface area (Å²) in [6, 6.07) is 3.86. The largest absolute Gasteiger partial charge is 0.380 e. The lowest BCUT2D eigenvalue weighted by Crippen LogP contribution is -2.03. The lowest BCUT2D eigenvalue weighted by atomic mass is 10.2. The van der Waals surface area contributed by atoms with E-state index in [4.69, 9.17) is 0 Å². The van der Waals surface area contributed by atoms with Crippen LogP contribution in [0.15, 0.2) is 37.2 Å². The molecule has 1 N–H and O–H groups in total. The third-order valence-electron chi connectivity index (χ3n) is 3.22. The molecule has 0 aliphatic carbocycles. The maximum absolute atomic E-state index is 4.34. The number of rotatable bonds is 4. The Kier molecular flexibility index (Phi) is 3.16. The molecule has 0 saturated carbocycles. The Hall–Kier alpha value is -2.70. The van der Waals surface area contributed by atoms with Crippen LogP contribution in [0.1, 0.15) is 11.3 Å². The Morgan fingerprint density at radius 1 is 1.20 bits per heavy atom. The molecule has 7 heteroatoms. The van der Waals surface area contributed by atoms with Gasteiger partial charge in [-0.15, -0.1) is 0 Å².